The maximum Gasteiger partial charge on any atom is 0.255 e. The van der Waals surface area contributed by atoms with Gasteiger partial charge in [-0.2, -0.15) is 0 Å². The number of nitrogens with one attached hydrogen (secondary N) is 1. The predicted molar refractivity (Wildman–Crippen MR) is 108 cm³/mol. The lowest BCUT2D eigenvalue weighted by atomic mass is 10.1. The fourth-order valence-electron chi connectivity index (χ4n) is 2.54. The van der Waals surface area contributed by atoms with Gasteiger partial charge in [0.25, 0.3) is 5.91 Å². The first kappa shape index (κ1) is 18.8. The van der Waals surface area contributed by atoms with Crippen LogP contribution in [0.3, 0.4) is 0 Å². The van der Waals surface area contributed by atoms with Crippen LogP contribution in [-0.4, -0.2) is 12.5 Å². The highest BCUT2D eigenvalue weighted by atomic mass is 35.5. The van der Waals surface area contributed by atoms with Crippen LogP contribution in [0.1, 0.15) is 22.8 Å². The average molecular weight is 382 g/mol. The van der Waals surface area contributed by atoms with Gasteiger partial charge in [0.2, 0.25) is 0 Å². The highest BCUT2D eigenvalue weighted by Crippen LogP contribution is 2.30. The minimum atomic E-state index is -0.243. The summed E-state index contributed by atoms with van der Waals surface area (Å²) in [5.74, 6) is 0.889. The number of amides is 1. The lowest BCUT2D eigenvalue weighted by Crippen LogP contribution is -2.12. The molecule has 0 fully saturated rings. The quantitative estimate of drug-likeness (QED) is 0.582. The first-order chi connectivity index (χ1) is 13.2. The molecule has 0 saturated carbocycles. The molecule has 0 aliphatic heterocycles. The van der Waals surface area contributed by atoms with Crippen molar-refractivity contribution >= 4 is 23.2 Å². The Hall–Kier alpha value is -2.98. The number of anilines is 1. The van der Waals surface area contributed by atoms with E-state index in [0.29, 0.717) is 41.0 Å². The van der Waals surface area contributed by atoms with Crippen molar-refractivity contribution in [2.75, 3.05) is 11.9 Å². The first-order valence-electron chi connectivity index (χ1n) is 8.66. The third-order valence-corrected chi connectivity index (χ3v) is 4.06. The van der Waals surface area contributed by atoms with Gasteiger partial charge in [-0.1, -0.05) is 48.0 Å². The van der Waals surface area contributed by atoms with Crippen LogP contribution < -0.4 is 14.8 Å². The second-order valence-electron chi connectivity index (χ2n) is 5.83. The molecule has 3 rings (SSSR count). The van der Waals surface area contributed by atoms with Crippen molar-refractivity contribution in [3.63, 3.8) is 0 Å². The Morgan fingerprint density at radius 3 is 2.48 bits per heavy atom. The molecule has 1 amide bonds. The summed E-state index contributed by atoms with van der Waals surface area (Å²) in [6, 6.07) is 22.0. The largest absolute Gasteiger partial charge is 0.490 e. The SMILES string of the molecule is CCOc1cc(C(=O)Nc2cccc(Cl)c2)ccc1OCc1ccccc1. The number of halogens is 1. The summed E-state index contributed by atoms with van der Waals surface area (Å²) in [7, 11) is 0. The Kier molecular flexibility index (Phi) is 6.34. The molecule has 138 valence electrons. The molecule has 0 bridgehead atoms. The van der Waals surface area contributed by atoms with Gasteiger partial charge in [0.15, 0.2) is 11.5 Å². The van der Waals surface area contributed by atoms with Gasteiger partial charge in [0.05, 0.1) is 6.61 Å². The van der Waals surface area contributed by atoms with Crippen molar-refractivity contribution in [1.82, 2.24) is 0 Å². The molecule has 0 aliphatic carbocycles. The Balaban J connectivity index is 1.75. The maximum atomic E-state index is 12.5. The molecule has 0 aliphatic rings. The van der Waals surface area contributed by atoms with Crippen molar-refractivity contribution in [3.8, 4) is 11.5 Å². The predicted octanol–water partition coefficient (Wildman–Crippen LogP) is 5.57. The molecule has 1 N–H and O–H groups in total. The molecular formula is C22H20ClNO3. The summed E-state index contributed by atoms with van der Waals surface area (Å²) in [5.41, 5.74) is 2.17. The van der Waals surface area contributed by atoms with Gasteiger partial charge in [-0.3, -0.25) is 4.79 Å². The van der Waals surface area contributed by atoms with Crippen molar-refractivity contribution < 1.29 is 14.3 Å². The van der Waals surface area contributed by atoms with E-state index in [1.807, 2.05) is 37.3 Å². The molecule has 0 unspecified atom stereocenters. The highest BCUT2D eigenvalue weighted by molar-refractivity contribution is 6.30. The molecule has 4 nitrogen and oxygen atoms in total. The number of rotatable bonds is 7. The molecule has 0 heterocycles. The van der Waals surface area contributed by atoms with Crippen LogP contribution in [-0.2, 0) is 6.61 Å². The lowest BCUT2D eigenvalue weighted by molar-refractivity contribution is 0.102. The van der Waals surface area contributed by atoms with E-state index in [1.54, 1.807) is 42.5 Å². The normalized spacial score (nSPS) is 10.3. The van der Waals surface area contributed by atoms with Crippen molar-refractivity contribution in [2.45, 2.75) is 13.5 Å². The van der Waals surface area contributed by atoms with Gasteiger partial charge in [0.1, 0.15) is 6.61 Å². The Morgan fingerprint density at radius 2 is 1.74 bits per heavy atom. The van der Waals surface area contributed by atoms with Crippen molar-refractivity contribution in [1.29, 1.82) is 0 Å². The molecule has 0 radical (unpaired) electrons. The maximum absolute atomic E-state index is 12.5. The fourth-order valence-corrected chi connectivity index (χ4v) is 2.73. The van der Waals surface area contributed by atoms with Crippen LogP contribution >= 0.6 is 11.6 Å². The number of benzene rings is 3. The Morgan fingerprint density at radius 1 is 0.926 bits per heavy atom. The molecule has 0 saturated heterocycles. The Bertz CT molecular complexity index is 912. The van der Waals surface area contributed by atoms with E-state index in [9.17, 15) is 4.79 Å². The van der Waals surface area contributed by atoms with Crippen LogP contribution in [0.4, 0.5) is 5.69 Å². The average Bonchev–Trinajstić information content (AvgIpc) is 2.68. The zero-order chi connectivity index (χ0) is 19.1. The number of ether oxygens (including phenoxy) is 2. The Labute approximate surface area is 163 Å². The van der Waals surface area contributed by atoms with Gasteiger partial charge < -0.3 is 14.8 Å². The standard InChI is InChI=1S/C22H20ClNO3/c1-2-26-21-13-17(22(25)24-19-10-6-9-18(23)14-19)11-12-20(21)27-15-16-7-4-3-5-8-16/h3-14H,2,15H2,1H3,(H,24,25). The summed E-state index contributed by atoms with van der Waals surface area (Å²) in [4.78, 5) is 12.5. The van der Waals surface area contributed by atoms with E-state index in [-0.39, 0.29) is 5.91 Å². The fraction of sp³-hybridized carbons (Fsp3) is 0.136. The van der Waals surface area contributed by atoms with Gasteiger partial charge in [-0.15, -0.1) is 0 Å². The molecular weight excluding hydrogens is 362 g/mol. The van der Waals surface area contributed by atoms with Crippen molar-refractivity contribution in [2.24, 2.45) is 0 Å². The van der Waals surface area contributed by atoms with Gasteiger partial charge in [-0.05, 0) is 48.9 Å². The first-order valence-corrected chi connectivity index (χ1v) is 9.04. The van der Waals surface area contributed by atoms with Crippen LogP contribution in [0.25, 0.3) is 0 Å². The van der Waals surface area contributed by atoms with E-state index >= 15 is 0 Å². The zero-order valence-corrected chi connectivity index (χ0v) is 15.7. The number of carbonyl (C=O) groups is 1. The van der Waals surface area contributed by atoms with Crippen LogP contribution in [0, 0.1) is 0 Å². The zero-order valence-electron chi connectivity index (χ0n) is 14.9. The molecule has 3 aromatic rings. The molecule has 0 spiro atoms. The molecule has 0 atom stereocenters. The molecule has 3 aromatic carbocycles. The van der Waals surface area contributed by atoms with Crippen LogP contribution in [0.5, 0.6) is 11.5 Å². The topological polar surface area (TPSA) is 47.6 Å². The van der Waals surface area contributed by atoms with Crippen molar-refractivity contribution in [3.05, 3.63) is 88.9 Å². The summed E-state index contributed by atoms with van der Waals surface area (Å²) in [6.45, 7) is 2.79. The lowest BCUT2D eigenvalue weighted by Gasteiger charge is -2.14. The summed E-state index contributed by atoms with van der Waals surface area (Å²) < 4.78 is 11.5. The van der Waals surface area contributed by atoms with E-state index in [1.165, 1.54) is 0 Å². The monoisotopic (exact) mass is 381 g/mol. The van der Waals surface area contributed by atoms with E-state index in [4.69, 9.17) is 21.1 Å². The minimum absolute atomic E-state index is 0.243. The van der Waals surface area contributed by atoms with E-state index in [2.05, 4.69) is 5.32 Å². The third kappa shape index (κ3) is 5.25. The number of hydrogen-bond donors (Lipinski definition) is 1. The van der Waals surface area contributed by atoms with Gasteiger partial charge in [-0.25, -0.2) is 0 Å². The molecule has 27 heavy (non-hydrogen) atoms. The van der Waals surface area contributed by atoms with Crippen LogP contribution in [0.2, 0.25) is 5.02 Å². The van der Waals surface area contributed by atoms with E-state index < -0.39 is 0 Å². The molecule has 5 heteroatoms. The van der Waals surface area contributed by atoms with Crippen LogP contribution in [0.15, 0.2) is 72.8 Å². The number of carbonyl (C=O) groups excluding carboxylic acids is 1. The summed E-state index contributed by atoms with van der Waals surface area (Å²) >= 11 is 5.96. The van der Waals surface area contributed by atoms with E-state index in [0.717, 1.165) is 5.56 Å². The molecule has 0 aromatic heterocycles. The highest BCUT2D eigenvalue weighted by Gasteiger charge is 2.12. The number of hydrogen-bond acceptors (Lipinski definition) is 3. The second-order valence-corrected chi connectivity index (χ2v) is 6.27. The minimum Gasteiger partial charge on any atom is -0.490 e. The van der Waals surface area contributed by atoms with Gasteiger partial charge >= 0.3 is 0 Å². The smallest absolute Gasteiger partial charge is 0.255 e. The summed E-state index contributed by atoms with van der Waals surface area (Å²) in [5, 5.41) is 3.39. The summed E-state index contributed by atoms with van der Waals surface area (Å²) in [6.07, 6.45) is 0. The van der Waals surface area contributed by atoms with Gasteiger partial charge in [0, 0.05) is 16.3 Å². The third-order valence-electron chi connectivity index (χ3n) is 3.83. The second kappa shape index (κ2) is 9.10.